The lowest BCUT2D eigenvalue weighted by atomic mass is 11.0. The molecule has 0 aromatic rings. The van der Waals surface area contributed by atoms with E-state index in [4.69, 9.17) is 5.84 Å². The number of primary amides is 1. The van der Waals surface area contributed by atoms with E-state index in [0.29, 0.717) is 0 Å². The highest BCUT2D eigenvalue weighted by atomic mass is 16.2. The Morgan fingerprint density at radius 2 is 2.29 bits per heavy atom. The lowest BCUT2D eigenvalue weighted by Crippen LogP contribution is -2.40. The van der Waals surface area contributed by atoms with Crippen LogP contribution in [0.4, 0.5) is 4.79 Å². The fraction of sp³-hybridized carbons (Fsp3) is 0.500. The van der Waals surface area contributed by atoms with Gasteiger partial charge in [-0.2, -0.15) is 0 Å². The average molecular weight is 104 g/mol. The normalized spacial score (nSPS) is 8.14. The topological polar surface area (TPSA) is 93.2 Å². The number of urea groups is 1. The second kappa shape index (κ2) is 3.38. The highest BCUT2D eigenvalue weighted by Crippen LogP contribution is 1.45. The summed E-state index contributed by atoms with van der Waals surface area (Å²) in [6.45, 7) is 0.204. The molecule has 0 aromatic heterocycles. The van der Waals surface area contributed by atoms with Crippen LogP contribution in [0, 0.1) is 0 Å². The van der Waals surface area contributed by atoms with Gasteiger partial charge in [-0.25, -0.2) is 10.2 Å². The summed E-state index contributed by atoms with van der Waals surface area (Å²) < 4.78 is 0. The Balaban J connectivity index is 2.82. The first-order chi connectivity index (χ1) is 3.27. The van der Waals surface area contributed by atoms with Crippen molar-refractivity contribution in [3.8, 4) is 0 Å². The van der Waals surface area contributed by atoms with Crippen LogP contribution < -0.4 is 22.3 Å². The zero-order chi connectivity index (χ0) is 5.70. The molecule has 0 aromatic carbocycles. The summed E-state index contributed by atoms with van der Waals surface area (Å²) in [5, 5.41) is 2.20. The molecule has 5 heteroatoms. The second-order valence-electron chi connectivity index (χ2n) is 0.922. The third kappa shape index (κ3) is 5.19. The number of hydrogen-bond acceptors (Lipinski definition) is 3. The van der Waals surface area contributed by atoms with Crippen LogP contribution in [0.2, 0.25) is 0 Å². The Morgan fingerprint density at radius 1 is 1.71 bits per heavy atom. The number of carbonyl (C=O) groups excluding carboxylic acids is 1. The maximum Gasteiger partial charge on any atom is 0.313 e. The molecular weight excluding hydrogens is 96.0 g/mol. The summed E-state index contributed by atoms with van der Waals surface area (Å²) in [6.07, 6.45) is 0. The van der Waals surface area contributed by atoms with Crippen molar-refractivity contribution in [2.24, 2.45) is 11.6 Å². The van der Waals surface area contributed by atoms with Gasteiger partial charge in [-0.15, -0.1) is 0 Å². The zero-order valence-electron chi connectivity index (χ0n) is 3.77. The van der Waals surface area contributed by atoms with Gasteiger partial charge in [0.1, 0.15) is 0 Å². The first-order valence-electron chi connectivity index (χ1n) is 1.74. The molecule has 6 N–H and O–H groups in total. The number of rotatable bonds is 2. The van der Waals surface area contributed by atoms with E-state index in [2.05, 4.69) is 16.5 Å². The van der Waals surface area contributed by atoms with Gasteiger partial charge in [0, 0.05) is 0 Å². The molecule has 0 aliphatic carbocycles. The molecule has 42 valence electrons. The predicted octanol–water partition coefficient (Wildman–Crippen LogP) is -1.92. The van der Waals surface area contributed by atoms with Gasteiger partial charge in [-0.3, -0.25) is 5.84 Å². The van der Waals surface area contributed by atoms with E-state index in [-0.39, 0.29) is 6.67 Å². The highest BCUT2D eigenvalue weighted by molar-refractivity contribution is 5.71. The minimum atomic E-state index is -0.585. The lowest BCUT2D eigenvalue weighted by molar-refractivity contribution is 0.248. The van der Waals surface area contributed by atoms with Crippen LogP contribution in [0.25, 0.3) is 0 Å². The van der Waals surface area contributed by atoms with Crippen molar-refractivity contribution in [2.75, 3.05) is 6.67 Å². The van der Waals surface area contributed by atoms with E-state index in [1.165, 1.54) is 0 Å². The maximum absolute atomic E-state index is 9.77. The van der Waals surface area contributed by atoms with Crippen molar-refractivity contribution >= 4 is 6.03 Å². The van der Waals surface area contributed by atoms with E-state index < -0.39 is 6.03 Å². The van der Waals surface area contributed by atoms with Gasteiger partial charge in [-0.05, 0) is 0 Å². The molecule has 0 saturated heterocycles. The fourth-order valence-corrected chi connectivity index (χ4v) is 0.138. The van der Waals surface area contributed by atoms with Gasteiger partial charge in [0.15, 0.2) is 0 Å². The van der Waals surface area contributed by atoms with Crippen LogP contribution in [-0.4, -0.2) is 12.7 Å². The number of carbonyl (C=O) groups is 1. The van der Waals surface area contributed by atoms with Crippen molar-refractivity contribution in [3.05, 3.63) is 0 Å². The molecule has 0 saturated carbocycles. The van der Waals surface area contributed by atoms with Crippen LogP contribution in [0.5, 0.6) is 0 Å². The standard InChI is InChI=1S/C2H8N4O/c3-2(7)5-1-6-4/h6H,1,4H2,(H3,3,5,7). The summed E-state index contributed by atoms with van der Waals surface area (Å²) in [5.41, 5.74) is 6.82. The molecule has 0 radical (unpaired) electrons. The van der Waals surface area contributed by atoms with Gasteiger partial charge >= 0.3 is 6.03 Å². The van der Waals surface area contributed by atoms with Gasteiger partial charge < -0.3 is 11.1 Å². The molecule has 5 nitrogen and oxygen atoms in total. The van der Waals surface area contributed by atoms with Crippen LogP contribution >= 0.6 is 0 Å². The van der Waals surface area contributed by atoms with E-state index in [0.717, 1.165) is 0 Å². The summed E-state index contributed by atoms with van der Waals surface area (Å²) in [5.74, 6) is 4.76. The van der Waals surface area contributed by atoms with Crippen molar-refractivity contribution in [1.29, 1.82) is 0 Å². The van der Waals surface area contributed by atoms with Crippen molar-refractivity contribution in [1.82, 2.24) is 10.7 Å². The summed E-state index contributed by atoms with van der Waals surface area (Å²) >= 11 is 0. The number of hydrazine groups is 1. The summed E-state index contributed by atoms with van der Waals surface area (Å²) in [6, 6.07) is -0.585. The zero-order valence-corrected chi connectivity index (χ0v) is 3.77. The fourth-order valence-electron chi connectivity index (χ4n) is 0.138. The quantitative estimate of drug-likeness (QED) is 0.187. The number of nitrogens with one attached hydrogen (secondary N) is 2. The van der Waals surface area contributed by atoms with Crippen molar-refractivity contribution in [3.63, 3.8) is 0 Å². The Labute approximate surface area is 41.0 Å². The Morgan fingerprint density at radius 3 is 2.43 bits per heavy atom. The molecule has 0 heterocycles. The number of amides is 2. The molecule has 0 aliphatic heterocycles. The summed E-state index contributed by atoms with van der Waals surface area (Å²) in [7, 11) is 0. The number of hydrogen-bond donors (Lipinski definition) is 4. The molecule has 0 unspecified atom stereocenters. The summed E-state index contributed by atoms with van der Waals surface area (Å²) in [4.78, 5) is 9.77. The second-order valence-corrected chi connectivity index (χ2v) is 0.922. The smallest absolute Gasteiger partial charge is 0.313 e. The van der Waals surface area contributed by atoms with E-state index in [9.17, 15) is 4.79 Å². The minimum Gasteiger partial charge on any atom is -0.352 e. The molecule has 0 atom stereocenters. The van der Waals surface area contributed by atoms with Crippen LogP contribution in [-0.2, 0) is 0 Å². The van der Waals surface area contributed by atoms with Crippen molar-refractivity contribution < 1.29 is 4.79 Å². The van der Waals surface area contributed by atoms with Crippen LogP contribution in [0.3, 0.4) is 0 Å². The first kappa shape index (κ1) is 6.19. The predicted molar refractivity (Wildman–Crippen MR) is 24.9 cm³/mol. The molecule has 0 aliphatic rings. The average Bonchev–Trinajstić information content (AvgIpc) is 1.61. The maximum atomic E-state index is 9.77. The van der Waals surface area contributed by atoms with Gasteiger partial charge in [0.05, 0.1) is 6.67 Å². The Kier molecular flexibility index (Phi) is 2.99. The first-order valence-corrected chi connectivity index (χ1v) is 1.74. The monoisotopic (exact) mass is 104 g/mol. The third-order valence-electron chi connectivity index (χ3n) is 0.365. The van der Waals surface area contributed by atoms with Gasteiger partial charge in [0.25, 0.3) is 0 Å². The SMILES string of the molecule is NNCNC(N)=O. The van der Waals surface area contributed by atoms with E-state index in [1.54, 1.807) is 0 Å². The molecule has 2 amide bonds. The molecule has 0 bridgehead atoms. The van der Waals surface area contributed by atoms with Crippen molar-refractivity contribution in [2.45, 2.75) is 0 Å². The highest BCUT2D eigenvalue weighted by Gasteiger charge is 1.82. The molecular formula is C2H8N4O. The Bertz CT molecular complexity index is 62.7. The Hall–Kier alpha value is -0.810. The van der Waals surface area contributed by atoms with E-state index in [1.807, 2.05) is 0 Å². The number of nitrogens with two attached hydrogens (primary N) is 2. The molecule has 0 spiro atoms. The molecule has 0 rings (SSSR count). The van der Waals surface area contributed by atoms with Crippen LogP contribution in [0.15, 0.2) is 0 Å². The largest absolute Gasteiger partial charge is 0.352 e. The lowest BCUT2D eigenvalue weighted by Gasteiger charge is -1.95. The third-order valence-corrected chi connectivity index (χ3v) is 0.365. The molecule has 0 fully saturated rings. The van der Waals surface area contributed by atoms with Crippen LogP contribution in [0.1, 0.15) is 0 Å². The molecule has 7 heavy (non-hydrogen) atoms. The minimum absolute atomic E-state index is 0.204. The van der Waals surface area contributed by atoms with Gasteiger partial charge in [0.2, 0.25) is 0 Å². The van der Waals surface area contributed by atoms with E-state index >= 15 is 0 Å². The van der Waals surface area contributed by atoms with Gasteiger partial charge in [-0.1, -0.05) is 0 Å².